The van der Waals surface area contributed by atoms with E-state index in [2.05, 4.69) is 5.32 Å². The largest absolute Gasteiger partial charge is 0.493 e. The smallest absolute Gasteiger partial charge is 0.325 e. The monoisotopic (exact) mass is 370 g/mol. The zero-order chi connectivity index (χ0) is 19.6. The molecule has 0 spiro atoms. The number of carbonyl (C=O) groups is 3. The first-order valence-corrected chi connectivity index (χ1v) is 8.50. The Morgan fingerprint density at radius 2 is 1.67 bits per heavy atom. The number of nitrogens with zero attached hydrogens (tertiary/aromatic N) is 1. The van der Waals surface area contributed by atoms with Gasteiger partial charge in [-0.15, -0.1) is 0 Å². The Hall–Kier alpha value is -3.35. The number of ether oxygens (including phenoxy) is 2. The zero-order valence-corrected chi connectivity index (χ0v) is 15.3. The number of hydrogen-bond donors (Lipinski definition) is 1. The standard InChI is InChI=1S/C20H22N2O5/c1-3-26-17-12-8-7-11-16(17)20(25)21-13-19(24)27-14-18(23)22(2)15-9-5-4-6-10-15/h4-12H,3,13-14H2,1-2H3,(H,21,25). The maximum Gasteiger partial charge on any atom is 0.325 e. The van der Waals surface area contributed by atoms with Crippen LogP contribution in [0.4, 0.5) is 5.69 Å². The number of rotatable bonds is 8. The molecule has 7 heteroatoms. The molecule has 0 radical (unpaired) electrons. The van der Waals surface area contributed by atoms with Gasteiger partial charge in [-0.2, -0.15) is 0 Å². The van der Waals surface area contributed by atoms with Crippen molar-refractivity contribution in [2.24, 2.45) is 0 Å². The van der Waals surface area contributed by atoms with E-state index >= 15 is 0 Å². The van der Waals surface area contributed by atoms with Gasteiger partial charge in [0, 0.05) is 12.7 Å². The summed E-state index contributed by atoms with van der Waals surface area (Å²) in [5, 5.41) is 2.46. The van der Waals surface area contributed by atoms with Crippen molar-refractivity contribution < 1.29 is 23.9 Å². The third-order valence-corrected chi connectivity index (χ3v) is 3.70. The van der Waals surface area contributed by atoms with Gasteiger partial charge in [0.05, 0.1) is 12.2 Å². The molecule has 0 atom stereocenters. The molecule has 0 saturated heterocycles. The molecule has 7 nitrogen and oxygen atoms in total. The van der Waals surface area contributed by atoms with Gasteiger partial charge in [-0.05, 0) is 31.2 Å². The lowest BCUT2D eigenvalue weighted by Gasteiger charge is -2.17. The molecular formula is C20H22N2O5. The van der Waals surface area contributed by atoms with Crippen LogP contribution in [-0.4, -0.2) is 44.6 Å². The van der Waals surface area contributed by atoms with Crippen LogP contribution in [-0.2, 0) is 14.3 Å². The predicted molar refractivity (Wildman–Crippen MR) is 101 cm³/mol. The summed E-state index contributed by atoms with van der Waals surface area (Å²) in [6, 6.07) is 15.7. The van der Waals surface area contributed by atoms with Crippen molar-refractivity contribution in [1.29, 1.82) is 0 Å². The lowest BCUT2D eigenvalue weighted by molar-refractivity contribution is -0.146. The topological polar surface area (TPSA) is 84.9 Å². The molecule has 0 fully saturated rings. The van der Waals surface area contributed by atoms with Gasteiger partial charge in [-0.1, -0.05) is 30.3 Å². The molecule has 2 aromatic carbocycles. The summed E-state index contributed by atoms with van der Waals surface area (Å²) in [6.07, 6.45) is 0. The SMILES string of the molecule is CCOc1ccccc1C(=O)NCC(=O)OCC(=O)N(C)c1ccccc1. The van der Waals surface area contributed by atoms with Gasteiger partial charge in [0.1, 0.15) is 12.3 Å². The molecular weight excluding hydrogens is 348 g/mol. The van der Waals surface area contributed by atoms with Crippen molar-refractivity contribution in [3.8, 4) is 5.75 Å². The van der Waals surface area contributed by atoms with Crippen LogP contribution in [0, 0.1) is 0 Å². The molecule has 0 bridgehead atoms. The van der Waals surface area contributed by atoms with Crippen LogP contribution in [0.3, 0.4) is 0 Å². The summed E-state index contributed by atoms with van der Waals surface area (Å²) < 4.78 is 10.3. The fourth-order valence-corrected chi connectivity index (χ4v) is 2.27. The van der Waals surface area contributed by atoms with E-state index in [1.54, 1.807) is 55.6 Å². The van der Waals surface area contributed by atoms with Gasteiger partial charge in [-0.25, -0.2) is 0 Å². The highest BCUT2D eigenvalue weighted by atomic mass is 16.5. The van der Waals surface area contributed by atoms with E-state index in [0.29, 0.717) is 23.6 Å². The Labute approximate surface area is 157 Å². The van der Waals surface area contributed by atoms with Crippen molar-refractivity contribution in [2.45, 2.75) is 6.92 Å². The van der Waals surface area contributed by atoms with Crippen molar-refractivity contribution >= 4 is 23.5 Å². The van der Waals surface area contributed by atoms with Crippen LogP contribution in [0.5, 0.6) is 5.75 Å². The van der Waals surface area contributed by atoms with Crippen molar-refractivity contribution in [2.75, 3.05) is 31.7 Å². The van der Waals surface area contributed by atoms with Crippen LogP contribution in [0.15, 0.2) is 54.6 Å². The van der Waals surface area contributed by atoms with E-state index in [-0.39, 0.29) is 12.5 Å². The van der Waals surface area contributed by atoms with Gasteiger partial charge in [-0.3, -0.25) is 14.4 Å². The quantitative estimate of drug-likeness (QED) is 0.719. The summed E-state index contributed by atoms with van der Waals surface area (Å²) in [6.45, 7) is 1.48. The van der Waals surface area contributed by atoms with Crippen LogP contribution in [0.2, 0.25) is 0 Å². The summed E-state index contributed by atoms with van der Waals surface area (Å²) in [4.78, 5) is 37.5. The second-order valence-electron chi connectivity index (χ2n) is 5.56. The Morgan fingerprint density at radius 1 is 1.00 bits per heavy atom. The molecule has 0 heterocycles. The maximum atomic E-state index is 12.2. The number of likely N-dealkylation sites (N-methyl/N-ethyl adjacent to an activating group) is 1. The molecule has 0 aliphatic carbocycles. The molecule has 2 rings (SSSR count). The lowest BCUT2D eigenvalue weighted by Crippen LogP contribution is -2.35. The van der Waals surface area contributed by atoms with Crippen LogP contribution >= 0.6 is 0 Å². The minimum absolute atomic E-state index is 0.326. The fraction of sp³-hybridized carbons (Fsp3) is 0.250. The molecule has 27 heavy (non-hydrogen) atoms. The van der Waals surface area contributed by atoms with Gasteiger partial charge in [0.15, 0.2) is 6.61 Å². The normalized spacial score (nSPS) is 10.0. The summed E-state index contributed by atoms with van der Waals surface area (Å²) in [7, 11) is 1.60. The van der Waals surface area contributed by atoms with Crippen LogP contribution < -0.4 is 15.0 Å². The highest BCUT2D eigenvalue weighted by Gasteiger charge is 2.16. The number of hydrogen-bond acceptors (Lipinski definition) is 5. The Bertz CT molecular complexity index is 792. The van der Waals surface area contributed by atoms with Gasteiger partial charge >= 0.3 is 5.97 Å². The molecule has 2 amide bonds. The fourth-order valence-electron chi connectivity index (χ4n) is 2.27. The third kappa shape index (κ3) is 5.85. The Morgan fingerprint density at radius 3 is 2.37 bits per heavy atom. The van der Waals surface area contributed by atoms with Crippen molar-refractivity contribution in [3.63, 3.8) is 0 Å². The molecule has 0 saturated carbocycles. The van der Waals surface area contributed by atoms with Crippen LogP contribution in [0.25, 0.3) is 0 Å². The number of benzene rings is 2. The second-order valence-corrected chi connectivity index (χ2v) is 5.56. The number of para-hydroxylation sites is 2. The van der Waals surface area contributed by atoms with Crippen molar-refractivity contribution in [1.82, 2.24) is 5.32 Å². The minimum Gasteiger partial charge on any atom is -0.493 e. The number of amides is 2. The first-order valence-electron chi connectivity index (χ1n) is 8.50. The maximum absolute atomic E-state index is 12.2. The van der Waals surface area contributed by atoms with E-state index < -0.39 is 18.5 Å². The number of anilines is 1. The highest BCUT2D eigenvalue weighted by Crippen LogP contribution is 2.17. The molecule has 0 aliphatic heterocycles. The van der Waals surface area contributed by atoms with Crippen molar-refractivity contribution in [3.05, 3.63) is 60.2 Å². The van der Waals surface area contributed by atoms with Crippen LogP contribution in [0.1, 0.15) is 17.3 Å². The summed E-state index contributed by atoms with van der Waals surface area (Å²) >= 11 is 0. The number of esters is 1. The predicted octanol–water partition coefficient (Wildman–Crippen LogP) is 2.02. The van der Waals surface area contributed by atoms with E-state index in [1.165, 1.54) is 4.90 Å². The van der Waals surface area contributed by atoms with Gasteiger partial charge in [0.25, 0.3) is 11.8 Å². The third-order valence-electron chi connectivity index (χ3n) is 3.70. The minimum atomic E-state index is -0.702. The molecule has 1 N–H and O–H groups in total. The second kappa shape index (κ2) is 9.96. The van der Waals surface area contributed by atoms with E-state index in [1.807, 2.05) is 13.0 Å². The summed E-state index contributed by atoms with van der Waals surface area (Å²) in [5.74, 6) is -1.09. The van der Waals surface area contributed by atoms with E-state index in [0.717, 1.165) is 0 Å². The molecule has 0 unspecified atom stereocenters. The highest BCUT2D eigenvalue weighted by molar-refractivity contribution is 5.98. The van der Waals surface area contributed by atoms with E-state index in [9.17, 15) is 14.4 Å². The van der Waals surface area contributed by atoms with E-state index in [4.69, 9.17) is 9.47 Å². The molecule has 0 aliphatic rings. The first kappa shape index (κ1) is 20.0. The lowest BCUT2D eigenvalue weighted by atomic mass is 10.2. The van der Waals surface area contributed by atoms with Gasteiger partial charge in [0.2, 0.25) is 0 Å². The molecule has 0 aromatic heterocycles. The molecule has 2 aromatic rings. The summed E-state index contributed by atoms with van der Waals surface area (Å²) in [5.41, 5.74) is 1.02. The van der Waals surface area contributed by atoms with Gasteiger partial charge < -0.3 is 19.7 Å². The number of carbonyl (C=O) groups excluding carboxylic acids is 3. The average Bonchev–Trinajstić information content (AvgIpc) is 2.71. The first-order chi connectivity index (χ1) is 13.0. The Balaban J connectivity index is 1.81. The number of nitrogens with one attached hydrogen (secondary N) is 1. The molecule has 142 valence electrons. The Kier molecular flexibility index (Phi) is 7.37. The zero-order valence-electron chi connectivity index (χ0n) is 15.3. The average molecular weight is 370 g/mol.